The van der Waals surface area contributed by atoms with Crippen LogP contribution >= 0.6 is 0 Å². The third-order valence-corrected chi connectivity index (χ3v) is 4.63. The van der Waals surface area contributed by atoms with Crippen molar-refractivity contribution in [3.05, 3.63) is 35.9 Å². The van der Waals surface area contributed by atoms with Gasteiger partial charge in [-0.15, -0.1) is 0 Å². The Bertz CT molecular complexity index is 437. The van der Waals surface area contributed by atoms with Gasteiger partial charge >= 0.3 is 0 Å². The predicted octanol–water partition coefficient (Wildman–Crippen LogP) is 2.66. The average Bonchev–Trinajstić information content (AvgIpc) is 2.83. The molecule has 104 valence electrons. The highest BCUT2D eigenvalue weighted by Gasteiger charge is 2.52. The fourth-order valence-electron chi connectivity index (χ4n) is 3.63. The van der Waals surface area contributed by atoms with Crippen LogP contribution < -0.4 is 5.73 Å². The van der Waals surface area contributed by atoms with Crippen LogP contribution in [0, 0.1) is 5.41 Å². The molecule has 2 fully saturated rings. The minimum Gasteiger partial charge on any atom is -0.347 e. The monoisotopic (exact) mass is 261 g/mol. The van der Waals surface area contributed by atoms with Gasteiger partial charge in [-0.3, -0.25) is 0 Å². The zero-order chi connectivity index (χ0) is 13.5. The van der Waals surface area contributed by atoms with Crippen LogP contribution in [-0.2, 0) is 9.47 Å². The fourth-order valence-corrected chi connectivity index (χ4v) is 3.63. The molecule has 1 saturated carbocycles. The van der Waals surface area contributed by atoms with Crippen molar-refractivity contribution in [2.45, 2.75) is 44.4 Å². The molecule has 0 bridgehead atoms. The van der Waals surface area contributed by atoms with Crippen molar-refractivity contribution in [2.24, 2.45) is 11.1 Å². The Morgan fingerprint density at radius 3 is 2.37 bits per heavy atom. The molecule has 3 rings (SSSR count). The number of hydrogen-bond acceptors (Lipinski definition) is 3. The molecule has 1 aromatic rings. The Balaban J connectivity index is 1.94. The van der Waals surface area contributed by atoms with Crippen LogP contribution in [0.15, 0.2) is 30.3 Å². The Kier molecular flexibility index (Phi) is 3.16. The van der Waals surface area contributed by atoms with Gasteiger partial charge in [-0.25, -0.2) is 0 Å². The van der Waals surface area contributed by atoms with Crippen LogP contribution in [-0.4, -0.2) is 25.0 Å². The molecule has 1 saturated heterocycles. The SMILES string of the molecule is CC1(C)CC2(C[C@H](c3ccccc3)[C@@H]1N)OCCO2. The van der Waals surface area contributed by atoms with Gasteiger partial charge in [0, 0.05) is 24.8 Å². The summed E-state index contributed by atoms with van der Waals surface area (Å²) < 4.78 is 11.9. The molecule has 1 aliphatic carbocycles. The lowest BCUT2D eigenvalue weighted by Crippen LogP contribution is -2.54. The van der Waals surface area contributed by atoms with E-state index in [0.717, 1.165) is 12.8 Å². The van der Waals surface area contributed by atoms with E-state index < -0.39 is 5.79 Å². The summed E-state index contributed by atoms with van der Waals surface area (Å²) in [5.74, 6) is -0.122. The van der Waals surface area contributed by atoms with Crippen LogP contribution in [0.5, 0.6) is 0 Å². The Morgan fingerprint density at radius 2 is 1.74 bits per heavy atom. The Hall–Kier alpha value is -0.900. The van der Waals surface area contributed by atoms with Crippen molar-refractivity contribution in [3.8, 4) is 0 Å². The largest absolute Gasteiger partial charge is 0.347 e. The van der Waals surface area contributed by atoms with Gasteiger partial charge in [0.1, 0.15) is 0 Å². The lowest BCUT2D eigenvalue weighted by molar-refractivity contribution is -0.205. The molecule has 1 spiro atoms. The normalized spacial score (nSPS) is 32.6. The molecule has 0 amide bonds. The quantitative estimate of drug-likeness (QED) is 0.845. The third kappa shape index (κ3) is 2.31. The molecule has 1 heterocycles. The molecule has 19 heavy (non-hydrogen) atoms. The number of rotatable bonds is 1. The van der Waals surface area contributed by atoms with Gasteiger partial charge in [-0.05, 0) is 11.0 Å². The summed E-state index contributed by atoms with van der Waals surface area (Å²) in [6.45, 7) is 5.85. The van der Waals surface area contributed by atoms with Crippen molar-refractivity contribution in [1.82, 2.24) is 0 Å². The van der Waals surface area contributed by atoms with Gasteiger partial charge in [0.2, 0.25) is 0 Å². The highest BCUT2D eigenvalue weighted by atomic mass is 16.7. The molecule has 0 unspecified atom stereocenters. The van der Waals surface area contributed by atoms with E-state index in [9.17, 15) is 0 Å². The van der Waals surface area contributed by atoms with Gasteiger partial charge in [-0.2, -0.15) is 0 Å². The molecular weight excluding hydrogens is 238 g/mol. The standard InChI is InChI=1S/C16H23NO2/c1-15(2)11-16(18-8-9-19-16)10-13(14(15)17)12-6-4-3-5-7-12/h3-7,13-14H,8-11,17H2,1-2H3/t13-,14+/m1/s1. The summed E-state index contributed by atoms with van der Waals surface area (Å²) in [6.07, 6.45) is 1.74. The van der Waals surface area contributed by atoms with E-state index in [1.807, 2.05) is 6.07 Å². The maximum Gasteiger partial charge on any atom is 0.169 e. The van der Waals surface area contributed by atoms with Gasteiger partial charge in [0.05, 0.1) is 13.2 Å². The van der Waals surface area contributed by atoms with Crippen LogP contribution in [0.3, 0.4) is 0 Å². The van der Waals surface area contributed by atoms with Crippen molar-refractivity contribution in [3.63, 3.8) is 0 Å². The van der Waals surface area contributed by atoms with Crippen LogP contribution in [0.2, 0.25) is 0 Å². The van der Waals surface area contributed by atoms with Crippen LogP contribution in [0.25, 0.3) is 0 Å². The predicted molar refractivity (Wildman–Crippen MR) is 74.8 cm³/mol. The average molecular weight is 261 g/mol. The van der Waals surface area contributed by atoms with Crippen molar-refractivity contribution < 1.29 is 9.47 Å². The first-order chi connectivity index (χ1) is 9.03. The first-order valence-corrected chi connectivity index (χ1v) is 7.11. The summed E-state index contributed by atoms with van der Waals surface area (Å²) in [6, 6.07) is 10.7. The van der Waals surface area contributed by atoms with Gasteiger partial charge in [0.15, 0.2) is 5.79 Å². The summed E-state index contributed by atoms with van der Waals surface area (Å²) in [4.78, 5) is 0. The maximum atomic E-state index is 6.53. The second-order valence-corrected chi connectivity index (χ2v) is 6.52. The van der Waals surface area contributed by atoms with Crippen LogP contribution in [0.4, 0.5) is 0 Å². The second kappa shape index (κ2) is 4.58. The molecule has 2 aliphatic rings. The number of hydrogen-bond donors (Lipinski definition) is 1. The van der Waals surface area contributed by atoms with Crippen LogP contribution in [0.1, 0.15) is 38.2 Å². The van der Waals surface area contributed by atoms with Gasteiger partial charge in [-0.1, -0.05) is 44.2 Å². The lowest BCUT2D eigenvalue weighted by Gasteiger charge is -2.49. The molecule has 1 aliphatic heterocycles. The number of ether oxygens (including phenoxy) is 2. The van der Waals surface area contributed by atoms with E-state index in [4.69, 9.17) is 15.2 Å². The first kappa shape index (κ1) is 13.1. The van der Waals surface area contributed by atoms with E-state index >= 15 is 0 Å². The van der Waals surface area contributed by atoms with E-state index in [1.54, 1.807) is 0 Å². The number of benzene rings is 1. The van der Waals surface area contributed by atoms with Gasteiger partial charge < -0.3 is 15.2 Å². The Labute approximate surface area is 115 Å². The minimum absolute atomic E-state index is 0.0170. The Morgan fingerprint density at radius 1 is 1.11 bits per heavy atom. The molecule has 3 nitrogen and oxygen atoms in total. The molecule has 2 atom stereocenters. The molecule has 0 aromatic heterocycles. The maximum absolute atomic E-state index is 6.53. The third-order valence-electron chi connectivity index (χ3n) is 4.63. The number of nitrogens with two attached hydrogens (primary N) is 1. The zero-order valence-electron chi connectivity index (χ0n) is 11.8. The summed E-state index contributed by atoms with van der Waals surface area (Å²) in [5.41, 5.74) is 7.84. The molecule has 0 radical (unpaired) electrons. The van der Waals surface area contributed by atoms with E-state index in [2.05, 4.69) is 38.1 Å². The minimum atomic E-state index is -0.417. The van der Waals surface area contributed by atoms with Crippen molar-refractivity contribution in [1.29, 1.82) is 0 Å². The van der Waals surface area contributed by atoms with Gasteiger partial charge in [0.25, 0.3) is 0 Å². The zero-order valence-corrected chi connectivity index (χ0v) is 11.8. The molecule has 1 aromatic carbocycles. The smallest absolute Gasteiger partial charge is 0.169 e. The lowest BCUT2D eigenvalue weighted by atomic mass is 9.64. The summed E-state index contributed by atoms with van der Waals surface area (Å²) >= 11 is 0. The second-order valence-electron chi connectivity index (χ2n) is 6.52. The van der Waals surface area contributed by atoms with Crippen molar-refractivity contribution in [2.75, 3.05) is 13.2 Å². The fraction of sp³-hybridized carbons (Fsp3) is 0.625. The topological polar surface area (TPSA) is 44.5 Å². The van der Waals surface area contributed by atoms with E-state index in [-0.39, 0.29) is 11.5 Å². The van der Waals surface area contributed by atoms with E-state index in [1.165, 1.54) is 5.56 Å². The highest BCUT2D eigenvalue weighted by molar-refractivity contribution is 5.24. The highest BCUT2D eigenvalue weighted by Crippen LogP contribution is 2.50. The first-order valence-electron chi connectivity index (χ1n) is 7.11. The summed E-state index contributed by atoms with van der Waals surface area (Å²) in [7, 11) is 0. The summed E-state index contributed by atoms with van der Waals surface area (Å²) in [5, 5.41) is 0. The molecular formula is C16H23NO2. The molecule has 3 heteroatoms. The van der Waals surface area contributed by atoms with E-state index in [0.29, 0.717) is 19.1 Å². The van der Waals surface area contributed by atoms with Crippen molar-refractivity contribution >= 4 is 0 Å². The molecule has 2 N–H and O–H groups in total.